The SMILES string of the molecule is COC([C@@H](C)C(=O)N[C@H](C=O)CC1=CC=CCC=C1F)[C@@H]1CC2C[C@@H]2N1C=O. The van der Waals surface area contributed by atoms with Crippen LogP contribution in [-0.2, 0) is 19.1 Å². The highest BCUT2D eigenvalue weighted by Gasteiger charge is 2.54. The molecule has 2 aliphatic carbocycles. The number of allylic oxidation sites excluding steroid dienone is 5. The van der Waals surface area contributed by atoms with Crippen molar-refractivity contribution >= 4 is 18.6 Å². The second-order valence-corrected chi connectivity index (χ2v) is 7.77. The molecule has 28 heavy (non-hydrogen) atoms. The normalized spacial score (nSPS) is 29.0. The van der Waals surface area contributed by atoms with Crippen LogP contribution in [0.3, 0.4) is 0 Å². The van der Waals surface area contributed by atoms with E-state index in [2.05, 4.69) is 5.32 Å². The molecule has 1 aliphatic heterocycles. The quantitative estimate of drug-likeness (QED) is 0.612. The fourth-order valence-corrected chi connectivity index (χ4v) is 4.33. The van der Waals surface area contributed by atoms with Gasteiger partial charge in [-0.1, -0.05) is 25.2 Å². The van der Waals surface area contributed by atoms with E-state index in [1.165, 1.54) is 13.2 Å². The fraction of sp³-hybridized carbons (Fsp3) is 0.571. The molecule has 0 aromatic carbocycles. The van der Waals surface area contributed by atoms with Crippen molar-refractivity contribution in [3.63, 3.8) is 0 Å². The molecular weight excluding hydrogens is 363 g/mol. The molecule has 0 radical (unpaired) electrons. The highest BCUT2D eigenvalue weighted by atomic mass is 19.1. The summed E-state index contributed by atoms with van der Waals surface area (Å²) in [5, 5.41) is 2.70. The molecule has 3 rings (SSSR count). The maximum atomic E-state index is 14.1. The number of piperidine rings is 1. The summed E-state index contributed by atoms with van der Waals surface area (Å²) in [7, 11) is 1.53. The van der Waals surface area contributed by atoms with Crippen LogP contribution in [0.4, 0.5) is 4.39 Å². The first-order chi connectivity index (χ1) is 13.5. The second-order valence-electron chi connectivity index (χ2n) is 7.77. The predicted octanol–water partition coefficient (Wildman–Crippen LogP) is 2.07. The number of aldehydes is 1. The molecular formula is C21H27FN2O4. The van der Waals surface area contributed by atoms with Gasteiger partial charge in [-0.25, -0.2) is 4.39 Å². The molecule has 2 amide bonds. The van der Waals surface area contributed by atoms with Gasteiger partial charge in [-0.15, -0.1) is 0 Å². The molecule has 2 unspecified atom stereocenters. The van der Waals surface area contributed by atoms with Gasteiger partial charge in [-0.05, 0) is 36.8 Å². The highest BCUT2D eigenvalue weighted by molar-refractivity contribution is 5.82. The minimum Gasteiger partial charge on any atom is -0.378 e. The summed E-state index contributed by atoms with van der Waals surface area (Å²) in [5.41, 5.74) is 0.380. The predicted molar refractivity (Wildman–Crippen MR) is 102 cm³/mol. The molecule has 6 nitrogen and oxygen atoms in total. The average Bonchev–Trinajstić information content (AvgIpc) is 3.41. The van der Waals surface area contributed by atoms with Crippen LogP contribution in [-0.4, -0.2) is 54.8 Å². The number of hydrogen-bond donors (Lipinski definition) is 1. The molecule has 0 aromatic rings. The zero-order chi connectivity index (χ0) is 20.3. The van der Waals surface area contributed by atoms with E-state index < -0.39 is 18.1 Å². The highest BCUT2D eigenvalue weighted by Crippen LogP contribution is 2.48. The number of ether oxygens (including phenoxy) is 1. The van der Waals surface area contributed by atoms with E-state index in [1.807, 2.05) is 6.08 Å². The number of methoxy groups -OCH3 is 1. The third kappa shape index (κ3) is 4.24. The third-order valence-corrected chi connectivity index (χ3v) is 5.98. The van der Waals surface area contributed by atoms with Crippen molar-refractivity contribution in [2.45, 2.75) is 56.8 Å². The summed E-state index contributed by atoms with van der Waals surface area (Å²) >= 11 is 0. The summed E-state index contributed by atoms with van der Waals surface area (Å²) in [6.45, 7) is 1.73. The first kappa shape index (κ1) is 20.5. The number of nitrogens with one attached hydrogen (secondary N) is 1. The van der Waals surface area contributed by atoms with E-state index in [0.717, 1.165) is 19.3 Å². The smallest absolute Gasteiger partial charge is 0.226 e. The zero-order valence-electron chi connectivity index (χ0n) is 16.2. The van der Waals surface area contributed by atoms with Crippen LogP contribution < -0.4 is 5.32 Å². The molecule has 3 aliphatic rings. The molecule has 1 N–H and O–H groups in total. The number of rotatable bonds is 9. The van der Waals surface area contributed by atoms with Crippen molar-refractivity contribution in [3.8, 4) is 0 Å². The van der Waals surface area contributed by atoms with Gasteiger partial charge in [0.05, 0.1) is 24.1 Å². The molecule has 0 aromatic heterocycles. The summed E-state index contributed by atoms with van der Waals surface area (Å²) in [5.74, 6) is -0.776. The van der Waals surface area contributed by atoms with Crippen LogP contribution >= 0.6 is 0 Å². The monoisotopic (exact) mass is 390 g/mol. The van der Waals surface area contributed by atoms with Crippen LogP contribution in [0.15, 0.2) is 35.7 Å². The standard InChI is InChI=1S/C21H27FN2O4/c1-13(20(28-2)19-10-15-9-18(15)24(19)12-26)21(27)23-16(11-25)8-14-6-4-3-5-7-17(14)22/h3-4,6-7,11-13,15-16,18-20H,5,8-10H2,1-2H3,(H,23,27)/t13-,15?,16+,18+,19+,20?/m1/s1. The van der Waals surface area contributed by atoms with Crippen LogP contribution in [0.1, 0.15) is 32.6 Å². The Balaban J connectivity index is 1.63. The van der Waals surface area contributed by atoms with Gasteiger partial charge in [0.2, 0.25) is 12.3 Å². The van der Waals surface area contributed by atoms with E-state index >= 15 is 0 Å². The Morgan fingerprint density at radius 3 is 2.89 bits per heavy atom. The first-order valence-corrected chi connectivity index (χ1v) is 9.73. The minimum atomic E-state index is -0.830. The number of halogens is 1. The Labute approximate surface area is 164 Å². The molecule has 6 atom stereocenters. The summed E-state index contributed by atoms with van der Waals surface area (Å²) < 4.78 is 19.7. The van der Waals surface area contributed by atoms with Gasteiger partial charge in [0.15, 0.2) is 0 Å². The van der Waals surface area contributed by atoms with Gasteiger partial charge in [0, 0.05) is 19.6 Å². The average molecular weight is 390 g/mol. The van der Waals surface area contributed by atoms with Gasteiger partial charge < -0.3 is 19.7 Å². The lowest BCUT2D eigenvalue weighted by Crippen LogP contribution is -2.50. The van der Waals surface area contributed by atoms with Crippen molar-refractivity contribution in [2.24, 2.45) is 11.8 Å². The lowest BCUT2D eigenvalue weighted by Gasteiger charge is -2.34. The number of nitrogens with zero attached hydrogens (tertiary/aromatic N) is 1. The molecule has 1 saturated carbocycles. The van der Waals surface area contributed by atoms with Crippen LogP contribution in [0.2, 0.25) is 0 Å². The van der Waals surface area contributed by atoms with Crippen LogP contribution in [0.25, 0.3) is 0 Å². The Bertz CT molecular complexity index is 717. The van der Waals surface area contributed by atoms with Crippen LogP contribution in [0, 0.1) is 11.8 Å². The summed E-state index contributed by atoms with van der Waals surface area (Å²) in [4.78, 5) is 37.4. The number of amides is 2. The van der Waals surface area contributed by atoms with Gasteiger partial charge in [-0.3, -0.25) is 9.59 Å². The zero-order valence-corrected chi connectivity index (χ0v) is 16.2. The number of likely N-dealkylation sites (tertiary alicyclic amines) is 1. The van der Waals surface area contributed by atoms with Gasteiger partial charge in [0.1, 0.15) is 12.1 Å². The van der Waals surface area contributed by atoms with Crippen molar-refractivity contribution < 1.29 is 23.5 Å². The van der Waals surface area contributed by atoms with Crippen molar-refractivity contribution in [3.05, 3.63) is 35.7 Å². The Hall–Kier alpha value is -2.28. The Kier molecular flexibility index (Phi) is 6.44. The Morgan fingerprint density at radius 1 is 1.43 bits per heavy atom. The maximum Gasteiger partial charge on any atom is 0.226 e. The molecule has 1 heterocycles. The number of hydrogen-bond acceptors (Lipinski definition) is 4. The van der Waals surface area contributed by atoms with Crippen molar-refractivity contribution in [1.82, 2.24) is 10.2 Å². The number of fused-ring (bicyclic) bond motifs is 1. The van der Waals surface area contributed by atoms with Crippen molar-refractivity contribution in [2.75, 3.05) is 7.11 Å². The van der Waals surface area contributed by atoms with E-state index in [-0.39, 0.29) is 30.2 Å². The van der Waals surface area contributed by atoms with Gasteiger partial charge in [-0.2, -0.15) is 0 Å². The summed E-state index contributed by atoms with van der Waals surface area (Å²) in [6.07, 6.45) is 10.1. The molecule has 0 spiro atoms. The minimum absolute atomic E-state index is 0.0837. The third-order valence-electron chi connectivity index (χ3n) is 5.98. The van der Waals surface area contributed by atoms with E-state index in [0.29, 0.717) is 24.2 Å². The molecule has 2 fully saturated rings. The van der Waals surface area contributed by atoms with E-state index in [9.17, 15) is 18.8 Å². The lowest BCUT2D eigenvalue weighted by molar-refractivity contribution is -0.135. The molecule has 152 valence electrons. The van der Waals surface area contributed by atoms with Crippen molar-refractivity contribution in [1.29, 1.82) is 0 Å². The number of carbonyl (C=O) groups excluding carboxylic acids is 3. The molecule has 1 saturated heterocycles. The molecule has 0 bridgehead atoms. The maximum absolute atomic E-state index is 14.1. The van der Waals surface area contributed by atoms with Gasteiger partial charge in [0.25, 0.3) is 0 Å². The van der Waals surface area contributed by atoms with E-state index in [4.69, 9.17) is 4.74 Å². The lowest BCUT2D eigenvalue weighted by atomic mass is 9.93. The van der Waals surface area contributed by atoms with Gasteiger partial charge >= 0.3 is 0 Å². The number of carbonyl (C=O) groups is 3. The fourth-order valence-electron chi connectivity index (χ4n) is 4.33. The largest absolute Gasteiger partial charge is 0.378 e. The topological polar surface area (TPSA) is 75.7 Å². The first-order valence-electron chi connectivity index (χ1n) is 9.73. The second kappa shape index (κ2) is 8.82. The summed E-state index contributed by atoms with van der Waals surface area (Å²) in [6, 6.07) is -0.705. The molecule has 7 heteroatoms. The van der Waals surface area contributed by atoms with E-state index in [1.54, 1.807) is 24.0 Å². The Morgan fingerprint density at radius 2 is 2.21 bits per heavy atom. The van der Waals surface area contributed by atoms with Crippen LogP contribution in [0.5, 0.6) is 0 Å².